The van der Waals surface area contributed by atoms with Crippen LogP contribution in [0, 0.1) is 0 Å². The van der Waals surface area contributed by atoms with Gasteiger partial charge in [-0.15, -0.1) is 22.7 Å². The molecule has 42 heavy (non-hydrogen) atoms. The van der Waals surface area contributed by atoms with Crippen molar-refractivity contribution in [3.05, 3.63) is 138 Å². The molecular weight excluding hydrogens is 547 g/mol. The van der Waals surface area contributed by atoms with E-state index in [4.69, 9.17) is 4.98 Å². The maximum Gasteiger partial charge on any atom is 0.0936 e. The Balaban J connectivity index is 1.37. The Morgan fingerprint density at radius 2 is 1.05 bits per heavy atom. The number of rotatable bonds is 5. The first-order valence-corrected chi connectivity index (χ1v) is 16.0. The van der Waals surface area contributed by atoms with E-state index in [1.807, 2.05) is 22.7 Å². The predicted molar refractivity (Wildman–Crippen MR) is 184 cm³/mol. The fraction of sp³-hybridized carbons (Fsp3) is 0.0513. The number of hydrogen-bond acceptors (Lipinski definition) is 3. The first kappa shape index (κ1) is 25.2. The number of benzene rings is 6. The van der Waals surface area contributed by atoms with Crippen molar-refractivity contribution in [1.82, 2.24) is 4.98 Å². The number of nitrogens with zero attached hydrogens (tertiary/aromatic N) is 1. The van der Waals surface area contributed by atoms with E-state index in [2.05, 4.69) is 140 Å². The van der Waals surface area contributed by atoms with Crippen LogP contribution in [0.5, 0.6) is 0 Å². The summed E-state index contributed by atoms with van der Waals surface area (Å²) in [6, 6.07) is 48.7. The second-order valence-corrected chi connectivity index (χ2v) is 12.9. The van der Waals surface area contributed by atoms with Gasteiger partial charge in [-0.25, -0.2) is 4.98 Å². The zero-order valence-electron chi connectivity index (χ0n) is 23.2. The summed E-state index contributed by atoms with van der Waals surface area (Å²) in [6.07, 6.45) is 0.934. The highest BCUT2D eigenvalue weighted by Crippen LogP contribution is 2.42. The quantitative estimate of drug-likeness (QED) is 0.200. The van der Waals surface area contributed by atoms with Crippen LogP contribution >= 0.6 is 22.7 Å². The summed E-state index contributed by atoms with van der Waals surface area (Å²) < 4.78 is 3.89. The standard InChI is InChI=1S/C39H27NS2/c1-2-38-40-39-33(27-17-18-36-34(22-27)32-15-9-10-16-35(32)41-36)23-31(24-37(39)42-38)30-20-28(25-11-5-3-6-12-25)19-29(21-30)26-13-7-4-8-14-26/h3-24H,2H2,1H3. The average Bonchev–Trinajstić information content (AvgIpc) is 3.66. The van der Waals surface area contributed by atoms with E-state index in [9.17, 15) is 0 Å². The first-order chi connectivity index (χ1) is 20.7. The van der Waals surface area contributed by atoms with Crippen LogP contribution < -0.4 is 0 Å². The molecule has 0 atom stereocenters. The highest BCUT2D eigenvalue weighted by atomic mass is 32.1. The summed E-state index contributed by atoms with van der Waals surface area (Å²) in [4.78, 5) is 5.12. The third-order valence-electron chi connectivity index (χ3n) is 8.01. The van der Waals surface area contributed by atoms with E-state index in [0.717, 1.165) is 11.9 Å². The second kappa shape index (κ2) is 10.4. The minimum atomic E-state index is 0.934. The van der Waals surface area contributed by atoms with Gasteiger partial charge in [-0.1, -0.05) is 91.9 Å². The summed E-state index contributed by atoms with van der Waals surface area (Å²) >= 11 is 3.68. The third-order valence-corrected chi connectivity index (χ3v) is 10.3. The molecule has 2 heterocycles. The van der Waals surface area contributed by atoms with E-state index >= 15 is 0 Å². The number of aryl methyl sites for hydroxylation is 1. The Hall–Kier alpha value is -4.57. The molecule has 0 fully saturated rings. The van der Waals surface area contributed by atoms with Crippen LogP contribution in [0.2, 0.25) is 0 Å². The van der Waals surface area contributed by atoms with Gasteiger partial charge in [0.1, 0.15) is 0 Å². The Morgan fingerprint density at radius 3 is 1.74 bits per heavy atom. The summed E-state index contributed by atoms with van der Waals surface area (Å²) in [5.74, 6) is 0. The van der Waals surface area contributed by atoms with Crippen LogP contribution in [0.25, 0.3) is 74.9 Å². The van der Waals surface area contributed by atoms with Gasteiger partial charge < -0.3 is 0 Å². The molecule has 8 rings (SSSR count). The first-order valence-electron chi connectivity index (χ1n) is 14.3. The molecule has 0 saturated heterocycles. The molecule has 0 bridgehead atoms. The molecule has 0 amide bonds. The van der Waals surface area contributed by atoms with Crippen LogP contribution in [-0.2, 0) is 6.42 Å². The van der Waals surface area contributed by atoms with Gasteiger partial charge >= 0.3 is 0 Å². The van der Waals surface area contributed by atoms with Gasteiger partial charge in [0.25, 0.3) is 0 Å². The predicted octanol–water partition coefficient (Wildman–Crippen LogP) is 11.9. The van der Waals surface area contributed by atoms with Gasteiger partial charge in [0.15, 0.2) is 0 Å². The van der Waals surface area contributed by atoms with E-state index in [1.165, 1.54) is 74.4 Å². The van der Waals surface area contributed by atoms with Crippen molar-refractivity contribution in [2.75, 3.05) is 0 Å². The SMILES string of the molecule is CCc1nc2c(-c3ccc4sc5ccccc5c4c3)cc(-c3cc(-c4ccccc4)cc(-c4ccccc4)c3)cc2s1. The molecule has 0 radical (unpaired) electrons. The number of hydrogen-bond donors (Lipinski definition) is 0. The lowest BCUT2D eigenvalue weighted by molar-refractivity contribution is 1.11. The lowest BCUT2D eigenvalue weighted by atomic mass is 9.91. The van der Waals surface area contributed by atoms with Crippen molar-refractivity contribution in [2.45, 2.75) is 13.3 Å². The van der Waals surface area contributed by atoms with Gasteiger partial charge in [-0.3, -0.25) is 0 Å². The Labute approximate surface area is 253 Å². The maximum absolute atomic E-state index is 5.12. The molecule has 0 N–H and O–H groups in total. The van der Waals surface area contributed by atoms with Crippen LogP contribution in [0.15, 0.2) is 133 Å². The Bertz CT molecular complexity index is 2160. The molecule has 8 aromatic rings. The van der Waals surface area contributed by atoms with Crippen molar-refractivity contribution in [1.29, 1.82) is 0 Å². The fourth-order valence-corrected chi connectivity index (χ4v) is 7.96. The monoisotopic (exact) mass is 573 g/mol. The number of aromatic nitrogens is 1. The lowest BCUT2D eigenvalue weighted by Gasteiger charge is -2.13. The number of thiophene rings is 1. The maximum atomic E-state index is 5.12. The van der Waals surface area contributed by atoms with Gasteiger partial charge in [0, 0.05) is 25.7 Å². The topological polar surface area (TPSA) is 12.9 Å². The second-order valence-electron chi connectivity index (χ2n) is 10.7. The van der Waals surface area contributed by atoms with Crippen LogP contribution in [0.4, 0.5) is 0 Å². The molecule has 2 aromatic heterocycles. The Morgan fingerprint density at radius 1 is 0.452 bits per heavy atom. The highest BCUT2D eigenvalue weighted by Gasteiger charge is 2.16. The van der Waals surface area contributed by atoms with Gasteiger partial charge in [0.05, 0.1) is 15.2 Å². The highest BCUT2D eigenvalue weighted by molar-refractivity contribution is 7.25. The van der Waals surface area contributed by atoms with Crippen molar-refractivity contribution in [3.63, 3.8) is 0 Å². The van der Waals surface area contributed by atoms with Crippen molar-refractivity contribution in [2.24, 2.45) is 0 Å². The van der Waals surface area contributed by atoms with E-state index in [1.54, 1.807) is 0 Å². The molecule has 1 nitrogen and oxygen atoms in total. The Kier molecular flexibility index (Phi) is 6.21. The van der Waals surface area contributed by atoms with Gasteiger partial charge in [-0.2, -0.15) is 0 Å². The molecule has 200 valence electrons. The molecule has 0 aliphatic rings. The number of fused-ring (bicyclic) bond motifs is 4. The molecular formula is C39H27NS2. The van der Waals surface area contributed by atoms with E-state index < -0.39 is 0 Å². The van der Waals surface area contributed by atoms with E-state index in [0.29, 0.717) is 0 Å². The van der Waals surface area contributed by atoms with Crippen molar-refractivity contribution >= 4 is 53.1 Å². The smallest absolute Gasteiger partial charge is 0.0936 e. The summed E-state index contributed by atoms with van der Waals surface area (Å²) in [7, 11) is 0. The lowest BCUT2D eigenvalue weighted by Crippen LogP contribution is -1.88. The van der Waals surface area contributed by atoms with Crippen LogP contribution in [0.3, 0.4) is 0 Å². The number of thiazole rings is 1. The zero-order chi connectivity index (χ0) is 28.0. The van der Waals surface area contributed by atoms with Crippen molar-refractivity contribution in [3.8, 4) is 44.5 Å². The minimum absolute atomic E-state index is 0.934. The van der Waals surface area contributed by atoms with Gasteiger partial charge in [-0.05, 0) is 93.9 Å². The third kappa shape index (κ3) is 4.42. The fourth-order valence-electron chi connectivity index (χ4n) is 5.90. The zero-order valence-corrected chi connectivity index (χ0v) is 24.8. The largest absolute Gasteiger partial charge is 0.241 e. The van der Waals surface area contributed by atoms with Crippen LogP contribution in [-0.4, -0.2) is 4.98 Å². The van der Waals surface area contributed by atoms with Crippen molar-refractivity contribution < 1.29 is 0 Å². The molecule has 0 unspecified atom stereocenters. The minimum Gasteiger partial charge on any atom is -0.241 e. The normalized spacial score (nSPS) is 11.5. The molecule has 0 saturated carbocycles. The molecule has 3 heteroatoms. The average molecular weight is 574 g/mol. The summed E-state index contributed by atoms with van der Waals surface area (Å²) in [5.41, 5.74) is 10.8. The molecule has 0 aliphatic carbocycles. The van der Waals surface area contributed by atoms with Gasteiger partial charge in [0.2, 0.25) is 0 Å². The van der Waals surface area contributed by atoms with E-state index in [-0.39, 0.29) is 0 Å². The molecule has 0 spiro atoms. The molecule has 6 aromatic carbocycles. The molecule has 0 aliphatic heterocycles. The summed E-state index contributed by atoms with van der Waals surface area (Å²) in [6.45, 7) is 2.19. The van der Waals surface area contributed by atoms with Crippen LogP contribution in [0.1, 0.15) is 11.9 Å². The summed E-state index contributed by atoms with van der Waals surface area (Å²) in [5, 5.41) is 3.81.